The molecule has 1 aromatic carbocycles. The number of benzene rings is 1. The minimum absolute atomic E-state index is 0.0329. The zero-order valence-electron chi connectivity index (χ0n) is 16.5. The van der Waals surface area contributed by atoms with Crippen molar-refractivity contribution in [2.45, 2.75) is 45.8 Å². The number of Topliss-reactive ketones (excluding diaryl/α,β-unsaturated/α-hetero) is 1. The molecule has 29 heavy (non-hydrogen) atoms. The largest absolute Gasteiger partial charge is 0.416 e. The number of anilines is 1. The van der Waals surface area contributed by atoms with E-state index in [1.54, 1.807) is 6.92 Å². The van der Waals surface area contributed by atoms with Gasteiger partial charge >= 0.3 is 19.8 Å². The van der Waals surface area contributed by atoms with E-state index in [1.165, 1.54) is 0 Å². The third-order valence-electron chi connectivity index (χ3n) is 3.84. The highest BCUT2D eigenvalue weighted by Gasteiger charge is 2.30. The van der Waals surface area contributed by atoms with Crippen LogP contribution in [-0.4, -0.2) is 35.5 Å². The van der Waals surface area contributed by atoms with E-state index in [2.05, 4.69) is 10.6 Å². The summed E-state index contributed by atoms with van der Waals surface area (Å²) in [7, 11) is -3.87. The predicted octanol–water partition coefficient (Wildman–Crippen LogP) is 4.42. The van der Waals surface area contributed by atoms with Crippen molar-refractivity contribution in [3.63, 3.8) is 0 Å². The van der Waals surface area contributed by atoms with E-state index in [0.29, 0.717) is 6.42 Å². The molecule has 2 atom stereocenters. The Bertz CT molecular complexity index is 738. The molecule has 0 fully saturated rings. The summed E-state index contributed by atoms with van der Waals surface area (Å²) in [6, 6.07) is 2.20. The van der Waals surface area contributed by atoms with E-state index in [-0.39, 0.29) is 30.8 Å². The molecule has 11 heteroatoms. The Kier molecular flexibility index (Phi) is 9.32. The molecule has 0 spiro atoms. The van der Waals surface area contributed by atoms with E-state index in [0.717, 1.165) is 24.3 Å². The first-order chi connectivity index (χ1) is 13.3. The summed E-state index contributed by atoms with van der Waals surface area (Å²) in [5, 5.41) is 4.85. The van der Waals surface area contributed by atoms with Crippen molar-refractivity contribution in [1.82, 2.24) is 5.32 Å². The fraction of sp³-hybridized carbons (Fsp3) is 0.556. The second-order valence-electron chi connectivity index (χ2n) is 6.85. The molecule has 0 aliphatic rings. The minimum Gasteiger partial charge on any atom is -0.328 e. The fourth-order valence-corrected chi connectivity index (χ4v) is 3.54. The van der Waals surface area contributed by atoms with Crippen LogP contribution in [0.15, 0.2) is 24.3 Å². The van der Waals surface area contributed by atoms with Gasteiger partial charge in [-0.1, -0.05) is 13.8 Å². The van der Waals surface area contributed by atoms with Crippen molar-refractivity contribution >= 4 is 25.1 Å². The van der Waals surface area contributed by atoms with Crippen LogP contribution in [0.3, 0.4) is 0 Å². The molecular weight excluding hydrogens is 412 g/mol. The number of halogens is 3. The van der Waals surface area contributed by atoms with Crippen LogP contribution in [0.5, 0.6) is 0 Å². The van der Waals surface area contributed by atoms with E-state index in [4.69, 9.17) is 4.52 Å². The molecule has 0 radical (unpaired) electrons. The van der Waals surface area contributed by atoms with Crippen molar-refractivity contribution in [2.75, 3.05) is 18.1 Å². The van der Waals surface area contributed by atoms with E-state index in [9.17, 15) is 32.2 Å². The standard InChI is InChI=1S/C18H26F3N2O5P/c1-4-28-29(26,27)10-9-16(24)15(11-12(2)3)23-17(25)22-14-7-5-13(6-8-14)18(19,20)21/h5-8,12,15H,4,9-11H2,1-3H3,(H,26,27)(H2,22,23,25)/t15-/m0/s1. The van der Waals surface area contributed by atoms with Gasteiger partial charge < -0.3 is 20.1 Å². The molecule has 0 bridgehead atoms. The van der Waals surface area contributed by atoms with Gasteiger partial charge in [0.2, 0.25) is 0 Å². The van der Waals surface area contributed by atoms with Crippen molar-refractivity contribution in [1.29, 1.82) is 0 Å². The first-order valence-corrected chi connectivity index (χ1v) is 10.8. The number of hydrogen-bond donors (Lipinski definition) is 3. The lowest BCUT2D eigenvalue weighted by molar-refractivity contribution is -0.137. The molecule has 7 nitrogen and oxygen atoms in total. The Morgan fingerprint density at radius 2 is 1.79 bits per heavy atom. The quantitative estimate of drug-likeness (QED) is 0.469. The third kappa shape index (κ3) is 9.43. The number of amides is 2. The Hall–Kier alpha value is -1.90. The Morgan fingerprint density at radius 1 is 1.21 bits per heavy atom. The summed E-state index contributed by atoms with van der Waals surface area (Å²) < 4.78 is 54.2. The topological polar surface area (TPSA) is 105 Å². The van der Waals surface area contributed by atoms with Crippen LogP contribution in [0.25, 0.3) is 0 Å². The van der Waals surface area contributed by atoms with Crippen molar-refractivity contribution in [3.05, 3.63) is 29.8 Å². The fourth-order valence-electron chi connectivity index (χ4n) is 2.50. The summed E-state index contributed by atoms with van der Waals surface area (Å²) in [5.74, 6) is -0.390. The summed E-state index contributed by atoms with van der Waals surface area (Å²) in [4.78, 5) is 34.2. The van der Waals surface area contributed by atoms with Crippen LogP contribution in [0.4, 0.5) is 23.7 Å². The average Bonchev–Trinajstić information content (AvgIpc) is 2.58. The smallest absolute Gasteiger partial charge is 0.328 e. The highest BCUT2D eigenvalue weighted by Crippen LogP contribution is 2.42. The monoisotopic (exact) mass is 438 g/mol. The van der Waals surface area contributed by atoms with Crippen molar-refractivity contribution in [3.8, 4) is 0 Å². The number of carbonyl (C=O) groups is 2. The Balaban J connectivity index is 2.73. The SMILES string of the molecule is CCOP(=O)(O)CCC(=O)[C@H](CC(C)C)NC(=O)Nc1ccc(C(F)(F)F)cc1. The molecule has 0 aliphatic carbocycles. The molecular formula is C18H26F3N2O5P. The van der Waals surface area contributed by atoms with Gasteiger partial charge in [-0.3, -0.25) is 9.36 Å². The van der Waals surface area contributed by atoms with Gasteiger partial charge in [0.05, 0.1) is 24.4 Å². The number of hydrogen-bond acceptors (Lipinski definition) is 4. The summed E-state index contributed by atoms with van der Waals surface area (Å²) >= 11 is 0. The molecule has 164 valence electrons. The van der Waals surface area contributed by atoms with Gasteiger partial charge in [-0.05, 0) is 43.5 Å². The van der Waals surface area contributed by atoms with Crippen LogP contribution in [0, 0.1) is 5.92 Å². The lowest BCUT2D eigenvalue weighted by Gasteiger charge is -2.20. The van der Waals surface area contributed by atoms with Gasteiger partial charge in [-0.2, -0.15) is 13.2 Å². The number of ketones is 1. The molecule has 3 N–H and O–H groups in total. The molecule has 1 rings (SSSR count). The number of alkyl halides is 3. The number of nitrogens with one attached hydrogen (secondary N) is 2. The van der Waals surface area contributed by atoms with Gasteiger partial charge in [0.25, 0.3) is 0 Å². The molecule has 0 saturated carbocycles. The second kappa shape index (κ2) is 10.8. The number of rotatable bonds is 10. The van der Waals surface area contributed by atoms with Gasteiger partial charge in [0.15, 0.2) is 5.78 Å². The van der Waals surface area contributed by atoms with Crippen LogP contribution in [-0.2, 0) is 20.1 Å². The summed E-state index contributed by atoms with van der Waals surface area (Å²) in [6.07, 6.45) is -4.81. The highest BCUT2D eigenvalue weighted by atomic mass is 31.2. The van der Waals surface area contributed by atoms with E-state index in [1.807, 2.05) is 13.8 Å². The first kappa shape index (κ1) is 25.1. The van der Waals surface area contributed by atoms with Crippen LogP contribution in [0.2, 0.25) is 0 Å². The first-order valence-electron chi connectivity index (χ1n) is 9.08. The van der Waals surface area contributed by atoms with E-state index < -0.39 is 37.2 Å². The lowest BCUT2D eigenvalue weighted by atomic mass is 9.99. The Labute approximate surface area is 167 Å². The van der Waals surface area contributed by atoms with Crippen LogP contribution in [0.1, 0.15) is 39.2 Å². The van der Waals surface area contributed by atoms with E-state index >= 15 is 0 Å². The lowest BCUT2D eigenvalue weighted by Crippen LogP contribution is -2.44. The number of urea groups is 1. The zero-order chi connectivity index (χ0) is 22.2. The normalized spacial score (nSPS) is 14.9. The molecule has 0 saturated heterocycles. The second-order valence-corrected chi connectivity index (χ2v) is 8.83. The van der Waals surface area contributed by atoms with Crippen LogP contribution < -0.4 is 10.6 Å². The zero-order valence-corrected chi connectivity index (χ0v) is 17.3. The molecule has 1 aromatic rings. The van der Waals surface area contributed by atoms with Gasteiger partial charge in [0.1, 0.15) is 0 Å². The van der Waals surface area contributed by atoms with Crippen molar-refractivity contribution < 1.29 is 36.7 Å². The summed E-state index contributed by atoms with van der Waals surface area (Å²) in [6.45, 7) is 5.27. The molecule has 0 aromatic heterocycles. The number of carbonyl (C=O) groups excluding carboxylic acids is 2. The minimum atomic E-state index is -4.48. The average molecular weight is 438 g/mol. The maximum Gasteiger partial charge on any atom is 0.416 e. The molecule has 1 unspecified atom stereocenters. The maximum atomic E-state index is 12.6. The molecule has 0 heterocycles. The van der Waals surface area contributed by atoms with Gasteiger partial charge in [-0.15, -0.1) is 0 Å². The molecule has 0 aliphatic heterocycles. The maximum absolute atomic E-state index is 12.6. The summed E-state index contributed by atoms with van der Waals surface area (Å²) in [5.41, 5.74) is -0.721. The van der Waals surface area contributed by atoms with Gasteiger partial charge in [-0.25, -0.2) is 4.79 Å². The molecule has 2 amide bonds. The Morgan fingerprint density at radius 3 is 2.28 bits per heavy atom. The van der Waals surface area contributed by atoms with Gasteiger partial charge in [0, 0.05) is 12.1 Å². The van der Waals surface area contributed by atoms with Crippen molar-refractivity contribution in [2.24, 2.45) is 5.92 Å². The predicted molar refractivity (Wildman–Crippen MR) is 103 cm³/mol. The third-order valence-corrected chi connectivity index (χ3v) is 5.29. The highest BCUT2D eigenvalue weighted by molar-refractivity contribution is 7.52. The van der Waals surface area contributed by atoms with Crippen LogP contribution >= 0.6 is 7.60 Å².